The molecule has 1 aromatic rings. The average Bonchev–Trinajstić information content (AvgIpc) is 2.51. The molecule has 1 atom stereocenters. The van der Waals surface area contributed by atoms with Crippen molar-refractivity contribution >= 4 is 5.82 Å². The van der Waals surface area contributed by atoms with E-state index in [0.29, 0.717) is 6.04 Å². The summed E-state index contributed by atoms with van der Waals surface area (Å²) in [6.45, 7) is 6.32. The number of likely N-dealkylation sites (N-methyl/N-ethyl adjacent to an activating group) is 1. The van der Waals surface area contributed by atoms with Crippen LogP contribution in [0.15, 0.2) is 12.4 Å². The van der Waals surface area contributed by atoms with Gasteiger partial charge < -0.3 is 15.1 Å². The third-order valence-corrected chi connectivity index (χ3v) is 3.37. The average molecular weight is 249 g/mol. The van der Waals surface area contributed by atoms with Gasteiger partial charge >= 0.3 is 0 Å². The summed E-state index contributed by atoms with van der Waals surface area (Å²) in [6.07, 6.45) is 4.88. The highest BCUT2D eigenvalue weighted by atomic mass is 15.3. The van der Waals surface area contributed by atoms with Crippen molar-refractivity contribution < 1.29 is 0 Å². The maximum absolute atomic E-state index is 4.69. The first-order chi connectivity index (χ1) is 8.70. The lowest BCUT2D eigenvalue weighted by Crippen LogP contribution is -2.38. The molecule has 1 unspecified atom stereocenters. The normalized spacial score (nSPS) is 21.9. The van der Waals surface area contributed by atoms with Crippen LogP contribution in [-0.4, -0.2) is 54.6 Å². The Morgan fingerprint density at radius 2 is 2.22 bits per heavy atom. The Labute approximate surface area is 109 Å². The van der Waals surface area contributed by atoms with Gasteiger partial charge in [-0.1, -0.05) is 0 Å². The molecule has 100 valence electrons. The summed E-state index contributed by atoms with van der Waals surface area (Å²) in [6, 6.07) is 0.483. The van der Waals surface area contributed by atoms with Crippen LogP contribution in [0.1, 0.15) is 19.0 Å². The van der Waals surface area contributed by atoms with Crippen LogP contribution in [0, 0.1) is 0 Å². The molecule has 0 saturated carbocycles. The fraction of sp³-hybridized carbons (Fsp3) is 0.692. The van der Waals surface area contributed by atoms with Crippen LogP contribution in [0.5, 0.6) is 0 Å². The van der Waals surface area contributed by atoms with E-state index in [1.807, 2.05) is 19.4 Å². The minimum Gasteiger partial charge on any atom is -0.351 e. The first kappa shape index (κ1) is 13.2. The van der Waals surface area contributed by atoms with E-state index in [4.69, 9.17) is 0 Å². The second-order valence-electron chi connectivity index (χ2n) is 5.06. The third-order valence-electron chi connectivity index (χ3n) is 3.37. The monoisotopic (exact) mass is 249 g/mol. The van der Waals surface area contributed by atoms with Crippen molar-refractivity contribution in [1.29, 1.82) is 0 Å². The van der Waals surface area contributed by atoms with Gasteiger partial charge in [0, 0.05) is 31.9 Å². The predicted octanol–water partition coefficient (Wildman–Crippen LogP) is 0.726. The number of hydrogen-bond acceptors (Lipinski definition) is 5. The highest BCUT2D eigenvalue weighted by molar-refractivity contribution is 5.38. The lowest BCUT2D eigenvalue weighted by Gasteiger charge is -2.29. The molecule has 1 saturated heterocycles. The summed E-state index contributed by atoms with van der Waals surface area (Å²) < 4.78 is 0. The van der Waals surface area contributed by atoms with Gasteiger partial charge in [0.1, 0.15) is 5.82 Å². The van der Waals surface area contributed by atoms with Gasteiger partial charge in [-0.05, 0) is 34.0 Å². The van der Waals surface area contributed by atoms with E-state index in [1.165, 1.54) is 6.42 Å². The van der Waals surface area contributed by atoms with Gasteiger partial charge in [0.25, 0.3) is 0 Å². The maximum atomic E-state index is 4.69. The first-order valence-corrected chi connectivity index (χ1v) is 6.61. The Kier molecular flexibility index (Phi) is 4.49. The number of nitrogens with zero attached hydrogens (tertiary/aromatic N) is 4. The van der Waals surface area contributed by atoms with E-state index in [2.05, 4.69) is 39.1 Å². The van der Waals surface area contributed by atoms with E-state index in [1.54, 1.807) is 0 Å². The molecule has 1 fully saturated rings. The second-order valence-corrected chi connectivity index (χ2v) is 5.06. The SMILES string of the molecule is CNCc1cncc(N2CCCN(C)CC2C)n1. The Morgan fingerprint density at radius 1 is 1.39 bits per heavy atom. The van der Waals surface area contributed by atoms with Crippen molar-refractivity contribution in [2.75, 3.05) is 38.6 Å². The lowest BCUT2D eigenvalue weighted by atomic mass is 10.2. The summed E-state index contributed by atoms with van der Waals surface area (Å²) >= 11 is 0. The van der Waals surface area contributed by atoms with E-state index >= 15 is 0 Å². The minimum absolute atomic E-state index is 0.483. The fourth-order valence-corrected chi connectivity index (χ4v) is 2.51. The Hall–Kier alpha value is -1.20. The van der Waals surface area contributed by atoms with Crippen molar-refractivity contribution in [2.24, 2.45) is 0 Å². The first-order valence-electron chi connectivity index (χ1n) is 6.61. The number of nitrogens with one attached hydrogen (secondary N) is 1. The Morgan fingerprint density at radius 3 is 3.00 bits per heavy atom. The summed E-state index contributed by atoms with van der Waals surface area (Å²) in [5.74, 6) is 1.01. The van der Waals surface area contributed by atoms with Gasteiger partial charge in [-0.25, -0.2) is 4.98 Å². The second kappa shape index (κ2) is 6.11. The van der Waals surface area contributed by atoms with Crippen molar-refractivity contribution in [1.82, 2.24) is 20.2 Å². The number of rotatable bonds is 3. The van der Waals surface area contributed by atoms with Gasteiger partial charge in [0.15, 0.2) is 0 Å². The number of hydrogen-bond donors (Lipinski definition) is 1. The van der Waals surface area contributed by atoms with Crippen LogP contribution in [0.3, 0.4) is 0 Å². The number of aromatic nitrogens is 2. The van der Waals surface area contributed by atoms with Gasteiger partial charge in [-0.15, -0.1) is 0 Å². The molecule has 0 radical (unpaired) electrons. The third kappa shape index (κ3) is 3.17. The zero-order chi connectivity index (χ0) is 13.0. The molecule has 2 rings (SSSR count). The topological polar surface area (TPSA) is 44.3 Å². The van der Waals surface area contributed by atoms with Gasteiger partial charge in [-0.2, -0.15) is 0 Å². The van der Waals surface area contributed by atoms with Gasteiger partial charge in [-0.3, -0.25) is 4.98 Å². The van der Waals surface area contributed by atoms with Crippen molar-refractivity contribution in [3.63, 3.8) is 0 Å². The molecule has 0 aliphatic carbocycles. The van der Waals surface area contributed by atoms with E-state index in [0.717, 1.165) is 37.7 Å². The van der Waals surface area contributed by atoms with Crippen LogP contribution >= 0.6 is 0 Å². The molecule has 0 amide bonds. The molecule has 1 aliphatic heterocycles. The Bertz CT molecular complexity index is 381. The van der Waals surface area contributed by atoms with Crippen molar-refractivity contribution in [3.05, 3.63) is 18.1 Å². The fourth-order valence-electron chi connectivity index (χ4n) is 2.51. The van der Waals surface area contributed by atoms with Crippen LogP contribution < -0.4 is 10.2 Å². The van der Waals surface area contributed by atoms with E-state index in [9.17, 15) is 0 Å². The molecule has 2 heterocycles. The maximum Gasteiger partial charge on any atom is 0.147 e. The van der Waals surface area contributed by atoms with Gasteiger partial charge in [0.05, 0.1) is 11.9 Å². The van der Waals surface area contributed by atoms with Crippen LogP contribution in [-0.2, 0) is 6.54 Å². The van der Waals surface area contributed by atoms with Gasteiger partial charge in [0.2, 0.25) is 0 Å². The van der Waals surface area contributed by atoms with Crippen LogP contribution in [0.25, 0.3) is 0 Å². The molecular weight excluding hydrogens is 226 g/mol. The molecule has 0 bridgehead atoms. The quantitative estimate of drug-likeness (QED) is 0.855. The zero-order valence-corrected chi connectivity index (χ0v) is 11.6. The zero-order valence-electron chi connectivity index (χ0n) is 11.6. The lowest BCUT2D eigenvalue weighted by molar-refractivity contribution is 0.337. The molecule has 5 heteroatoms. The summed E-state index contributed by atoms with van der Waals surface area (Å²) in [5, 5.41) is 3.12. The highest BCUT2D eigenvalue weighted by Gasteiger charge is 2.21. The summed E-state index contributed by atoms with van der Waals surface area (Å²) in [4.78, 5) is 13.7. The standard InChI is InChI=1S/C13H23N5/c1-11-10-17(3)5-4-6-18(11)13-9-15-8-12(16-13)7-14-2/h8-9,11,14H,4-7,10H2,1-3H3. The predicted molar refractivity (Wildman–Crippen MR) is 73.7 cm³/mol. The molecule has 1 aliphatic rings. The van der Waals surface area contributed by atoms with Crippen molar-refractivity contribution in [2.45, 2.75) is 25.9 Å². The molecular formula is C13H23N5. The Balaban J connectivity index is 2.15. The molecule has 5 nitrogen and oxygen atoms in total. The molecule has 0 spiro atoms. The van der Waals surface area contributed by atoms with Crippen LogP contribution in [0.4, 0.5) is 5.82 Å². The molecule has 0 aromatic carbocycles. The van der Waals surface area contributed by atoms with Crippen molar-refractivity contribution in [3.8, 4) is 0 Å². The highest BCUT2D eigenvalue weighted by Crippen LogP contribution is 2.17. The smallest absolute Gasteiger partial charge is 0.147 e. The molecule has 18 heavy (non-hydrogen) atoms. The number of anilines is 1. The minimum atomic E-state index is 0.483. The molecule has 1 aromatic heterocycles. The largest absolute Gasteiger partial charge is 0.351 e. The van der Waals surface area contributed by atoms with Crippen LogP contribution in [0.2, 0.25) is 0 Å². The summed E-state index contributed by atoms with van der Waals surface area (Å²) in [7, 11) is 4.11. The van der Waals surface area contributed by atoms with E-state index < -0.39 is 0 Å². The molecule has 1 N–H and O–H groups in total. The van der Waals surface area contributed by atoms with E-state index in [-0.39, 0.29) is 0 Å². The summed E-state index contributed by atoms with van der Waals surface area (Å²) in [5.41, 5.74) is 1.000.